The maximum atomic E-state index is 3.17. The molecule has 1 heterocycles. The van der Waals surface area contributed by atoms with Crippen LogP contribution < -0.4 is 5.32 Å². The van der Waals surface area contributed by atoms with Crippen LogP contribution in [0.2, 0.25) is 0 Å². The Labute approximate surface area is 44.5 Å². The van der Waals surface area contributed by atoms with Crippen molar-refractivity contribution in [1.82, 2.24) is 10.2 Å². The summed E-state index contributed by atoms with van der Waals surface area (Å²) in [5.41, 5.74) is 0. The van der Waals surface area contributed by atoms with Gasteiger partial charge in [-0.25, -0.2) is 0 Å². The lowest BCUT2D eigenvalue weighted by Gasteiger charge is -2.00. The number of hydrogen-bond donors (Lipinski definition) is 1. The van der Waals surface area contributed by atoms with Gasteiger partial charge in [0.25, 0.3) is 0 Å². The van der Waals surface area contributed by atoms with Crippen molar-refractivity contribution in [2.45, 2.75) is 13.0 Å². The zero-order chi connectivity index (χ0) is 5.28. The van der Waals surface area contributed by atoms with Gasteiger partial charge >= 0.3 is 0 Å². The number of hydrogen-bond acceptors (Lipinski definition) is 2. The Hall–Kier alpha value is -0.0800. The Morgan fingerprint density at radius 1 is 1.86 bits per heavy atom. The summed E-state index contributed by atoms with van der Waals surface area (Å²) in [5, 5.41) is 3.17. The highest BCUT2D eigenvalue weighted by atomic mass is 15.3. The van der Waals surface area contributed by atoms with E-state index >= 15 is 0 Å². The Morgan fingerprint density at radius 3 is 2.71 bits per heavy atom. The third kappa shape index (κ3) is 1.14. The molecule has 2 heteroatoms. The molecule has 1 rings (SSSR count). The van der Waals surface area contributed by atoms with E-state index < -0.39 is 0 Å². The van der Waals surface area contributed by atoms with Gasteiger partial charge in [0.15, 0.2) is 0 Å². The van der Waals surface area contributed by atoms with Crippen LogP contribution in [0, 0.1) is 6.67 Å². The summed E-state index contributed by atoms with van der Waals surface area (Å²) < 4.78 is 0. The van der Waals surface area contributed by atoms with Crippen molar-refractivity contribution in [1.29, 1.82) is 0 Å². The highest BCUT2D eigenvalue weighted by Gasteiger charge is 2.12. The molecule has 0 bridgehead atoms. The molecule has 0 aromatic heterocycles. The van der Waals surface area contributed by atoms with Gasteiger partial charge in [0, 0.05) is 12.6 Å². The summed E-state index contributed by atoms with van der Waals surface area (Å²) in [6.45, 7) is 5.31. The average Bonchev–Trinajstić information content (AvgIpc) is 1.87. The van der Waals surface area contributed by atoms with E-state index in [4.69, 9.17) is 0 Å². The van der Waals surface area contributed by atoms with Crippen molar-refractivity contribution in [2.24, 2.45) is 0 Å². The molecule has 1 N–H and O–H groups in total. The lowest BCUT2D eigenvalue weighted by Crippen LogP contribution is -2.16. The first kappa shape index (κ1) is 5.06. The summed E-state index contributed by atoms with van der Waals surface area (Å²) in [6, 6.07) is 0.644. The number of rotatable bonds is 0. The smallest absolute Gasteiger partial charge is 0.0894 e. The minimum atomic E-state index is 0.644. The van der Waals surface area contributed by atoms with Crippen LogP contribution in [-0.2, 0) is 0 Å². The normalized spacial score (nSPS) is 34.3. The van der Waals surface area contributed by atoms with E-state index in [-0.39, 0.29) is 0 Å². The van der Waals surface area contributed by atoms with Crippen molar-refractivity contribution >= 4 is 0 Å². The van der Waals surface area contributed by atoms with Gasteiger partial charge in [-0.15, -0.1) is 0 Å². The number of nitrogens with zero attached hydrogens (tertiary/aromatic N) is 1. The van der Waals surface area contributed by atoms with Crippen LogP contribution in [-0.4, -0.2) is 24.5 Å². The van der Waals surface area contributed by atoms with Gasteiger partial charge in [-0.1, -0.05) is 0 Å². The molecular weight excluding hydrogens is 88.1 g/mol. The number of nitrogens with one attached hydrogen (secondary N) is 1. The molecule has 1 radical (unpaired) electrons. The van der Waals surface area contributed by atoms with Crippen molar-refractivity contribution in [3.8, 4) is 0 Å². The van der Waals surface area contributed by atoms with E-state index in [1.54, 1.807) is 0 Å². The largest absolute Gasteiger partial charge is 0.295 e. The maximum absolute atomic E-state index is 3.17. The highest BCUT2D eigenvalue weighted by Crippen LogP contribution is 1.97. The van der Waals surface area contributed by atoms with Gasteiger partial charge in [0.05, 0.1) is 6.67 Å². The van der Waals surface area contributed by atoms with Gasteiger partial charge in [-0.05, 0) is 14.0 Å². The molecule has 1 saturated heterocycles. The Bertz CT molecular complexity index is 55.1. The molecule has 2 nitrogen and oxygen atoms in total. The quantitative estimate of drug-likeness (QED) is 0.461. The Balaban J connectivity index is 2.26. The van der Waals surface area contributed by atoms with Crippen LogP contribution in [0.1, 0.15) is 6.92 Å². The molecule has 7 heavy (non-hydrogen) atoms. The van der Waals surface area contributed by atoms with Gasteiger partial charge in [-0.2, -0.15) is 0 Å². The monoisotopic (exact) mass is 99.1 g/mol. The van der Waals surface area contributed by atoms with Crippen LogP contribution >= 0.6 is 0 Å². The summed E-state index contributed by atoms with van der Waals surface area (Å²) in [7, 11) is 2.07. The first-order valence-electron chi connectivity index (χ1n) is 2.58. The maximum Gasteiger partial charge on any atom is 0.0894 e. The van der Waals surface area contributed by atoms with Crippen molar-refractivity contribution in [3.05, 3.63) is 6.67 Å². The number of likely N-dealkylation sites (N-methyl/N-ethyl adjacent to an activating group) is 1. The Morgan fingerprint density at radius 2 is 2.57 bits per heavy atom. The van der Waals surface area contributed by atoms with E-state index in [1.807, 2.05) is 6.67 Å². The zero-order valence-corrected chi connectivity index (χ0v) is 4.81. The molecule has 0 spiro atoms. The summed E-state index contributed by atoms with van der Waals surface area (Å²) in [6.07, 6.45) is 0. The summed E-state index contributed by atoms with van der Waals surface area (Å²) in [4.78, 5) is 2.14. The zero-order valence-electron chi connectivity index (χ0n) is 4.81. The fourth-order valence-electron chi connectivity index (χ4n) is 0.792. The minimum absolute atomic E-state index is 0.644. The van der Waals surface area contributed by atoms with E-state index in [1.165, 1.54) is 0 Å². The average molecular weight is 99.2 g/mol. The molecular formula is C5H11N2. The molecule has 1 aliphatic rings. The SMILES string of the molecule is CC1CN(C)[CH]N1. The van der Waals surface area contributed by atoms with Gasteiger partial charge in [0.1, 0.15) is 0 Å². The second-order valence-corrected chi connectivity index (χ2v) is 2.14. The molecule has 41 valence electrons. The molecule has 0 aromatic rings. The molecule has 1 atom stereocenters. The highest BCUT2D eigenvalue weighted by molar-refractivity contribution is 4.79. The molecule has 1 unspecified atom stereocenters. The predicted molar refractivity (Wildman–Crippen MR) is 29.5 cm³/mol. The van der Waals surface area contributed by atoms with E-state index in [9.17, 15) is 0 Å². The molecule has 0 aliphatic carbocycles. The van der Waals surface area contributed by atoms with Gasteiger partial charge in [0.2, 0.25) is 0 Å². The predicted octanol–water partition coefficient (Wildman–Crippen LogP) is 0.0292. The second kappa shape index (κ2) is 1.80. The molecule has 1 aliphatic heterocycles. The van der Waals surface area contributed by atoms with Crippen molar-refractivity contribution in [3.63, 3.8) is 0 Å². The van der Waals surface area contributed by atoms with Crippen LogP contribution in [0.15, 0.2) is 0 Å². The van der Waals surface area contributed by atoms with Crippen LogP contribution in [0.4, 0.5) is 0 Å². The van der Waals surface area contributed by atoms with Gasteiger partial charge < -0.3 is 0 Å². The van der Waals surface area contributed by atoms with Crippen LogP contribution in [0.3, 0.4) is 0 Å². The van der Waals surface area contributed by atoms with Crippen molar-refractivity contribution < 1.29 is 0 Å². The standard InChI is InChI=1S/C5H11N2/c1-5-3-7(2)4-6-5/h4-6H,3H2,1-2H3. The molecule has 0 saturated carbocycles. The molecule has 1 fully saturated rings. The fraction of sp³-hybridized carbons (Fsp3) is 0.800. The third-order valence-corrected chi connectivity index (χ3v) is 1.14. The summed E-state index contributed by atoms with van der Waals surface area (Å²) >= 11 is 0. The van der Waals surface area contributed by atoms with E-state index in [2.05, 4.69) is 24.2 Å². The minimum Gasteiger partial charge on any atom is -0.295 e. The third-order valence-electron chi connectivity index (χ3n) is 1.14. The first-order chi connectivity index (χ1) is 3.29. The van der Waals surface area contributed by atoms with Gasteiger partial charge in [-0.3, -0.25) is 10.2 Å². The topological polar surface area (TPSA) is 15.3 Å². The first-order valence-corrected chi connectivity index (χ1v) is 2.58. The van der Waals surface area contributed by atoms with Crippen LogP contribution in [0.5, 0.6) is 0 Å². The molecule has 0 aromatic carbocycles. The van der Waals surface area contributed by atoms with Crippen molar-refractivity contribution in [2.75, 3.05) is 13.6 Å². The lowest BCUT2D eigenvalue weighted by molar-refractivity contribution is 0.463. The Kier molecular flexibility index (Phi) is 1.30. The van der Waals surface area contributed by atoms with Crippen LogP contribution in [0.25, 0.3) is 0 Å². The summed E-state index contributed by atoms with van der Waals surface area (Å²) in [5.74, 6) is 0. The lowest BCUT2D eigenvalue weighted by atomic mass is 10.4. The second-order valence-electron chi connectivity index (χ2n) is 2.14. The van der Waals surface area contributed by atoms with E-state index in [0.29, 0.717) is 6.04 Å². The molecule has 0 amide bonds. The van der Waals surface area contributed by atoms with E-state index in [0.717, 1.165) is 6.54 Å². The fourth-order valence-corrected chi connectivity index (χ4v) is 0.792.